The van der Waals surface area contributed by atoms with Gasteiger partial charge in [-0.15, -0.1) is 12.4 Å². The molecule has 0 aliphatic carbocycles. The number of carbonyl (C=O) groups excluding carboxylic acids is 1. The van der Waals surface area contributed by atoms with E-state index in [0.717, 1.165) is 13.1 Å². The van der Waals surface area contributed by atoms with E-state index in [1.54, 1.807) is 0 Å². The van der Waals surface area contributed by atoms with Gasteiger partial charge in [-0.3, -0.25) is 4.79 Å². The monoisotopic (exact) mass is 238 g/mol. The maximum absolute atomic E-state index is 11.2. The van der Waals surface area contributed by atoms with E-state index in [1.807, 2.05) is 20.8 Å². The summed E-state index contributed by atoms with van der Waals surface area (Å²) < 4.78 is 5.26. The lowest BCUT2D eigenvalue weighted by molar-refractivity contribution is -0.122. The minimum Gasteiger partial charge on any atom is -0.378 e. The molecule has 0 aliphatic heterocycles. The van der Waals surface area contributed by atoms with Crippen LogP contribution >= 0.6 is 12.4 Å². The van der Waals surface area contributed by atoms with Crippen LogP contribution in [-0.2, 0) is 9.53 Å². The third-order valence-electron chi connectivity index (χ3n) is 1.65. The standard InChI is InChI=1S/C10H22N2O2.ClH/c1-4-11-6-7-12-10(13)5-8-14-9(2)3;/h9,11H,4-8H2,1-3H3,(H,12,13);1H. The van der Waals surface area contributed by atoms with Gasteiger partial charge in [-0.25, -0.2) is 0 Å². The summed E-state index contributed by atoms with van der Waals surface area (Å²) in [5.74, 6) is 0.0588. The summed E-state index contributed by atoms with van der Waals surface area (Å²) >= 11 is 0. The number of hydrogen-bond acceptors (Lipinski definition) is 3. The molecule has 0 unspecified atom stereocenters. The fourth-order valence-corrected chi connectivity index (χ4v) is 0.943. The zero-order valence-corrected chi connectivity index (χ0v) is 10.7. The van der Waals surface area contributed by atoms with Gasteiger partial charge in [0.1, 0.15) is 0 Å². The van der Waals surface area contributed by atoms with Crippen molar-refractivity contribution in [2.24, 2.45) is 0 Å². The van der Waals surface area contributed by atoms with Gasteiger partial charge in [0.15, 0.2) is 0 Å². The Morgan fingerprint density at radius 1 is 1.33 bits per heavy atom. The Balaban J connectivity index is 0. The van der Waals surface area contributed by atoms with Crippen LogP contribution in [0.5, 0.6) is 0 Å². The molecule has 0 spiro atoms. The minimum absolute atomic E-state index is 0. The second kappa shape index (κ2) is 11.8. The Hall–Kier alpha value is -0.320. The van der Waals surface area contributed by atoms with Crippen molar-refractivity contribution in [3.05, 3.63) is 0 Å². The minimum atomic E-state index is 0. The van der Waals surface area contributed by atoms with E-state index in [4.69, 9.17) is 4.74 Å². The normalized spacial score (nSPS) is 9.87. The quantitative estimate of drug-likeness (QED) is 0.619. The topological polar surface area (TPSA) is 50.4 Å². The van der Waals surface area contributed by atoms with Crippen molar-refractivity contribution < 1.29 is 9.53 Å². The van der Waals surface area contributed by atoms with E-state index >= 15 is 0 Å². The molecule has 0 aliphatic rings. The van der Waals surface area contributed by atoms with Crippen LogP contribution in [0.25, 0.3) is 0 Å². The van der Waals surface area contributed by atoms with E-state index in [-0.39, 0.29) is 24.4 Å². The smallest absolute Gasteiger partial charge is 0.222 e. The van der Waals surface area contributed by atoms with Crippen molar-refractivity contribution in [3.8, 4) is 0 Å². The molecule has 0 saturated carbocycles. The van der Waals surface area contributed by atoms with Crippen LogP contribution in [0, 0.1) is 0 Å². The average molecular weight is 239 g/mol. The molecule has 0 bridgehead atoms. The summed E-state index contributed by atoms with van der Waals surface area (Å²) in [6.45, 7) is 8.92. The van der Waals surface area contributed by atoms with Gasteiger partial charge in [-0.05, 0) is 20.4 Å². The maximum atomic E-state index is 11.2. The SMILES string of the molecule is CCNCCNC(=O)CCOC(C)C.Cl. The molecule has 2 N–H and O–H groups in total. The van der Waals surface area contributed by atoms with Crippen molar-refractivity contribution in [3.63, 3.8) is 0 Å². The molecule has 0 saturated heterocycles. The zero-order chi connectivity index (χ0) is 10.8. The first kappa shape index (κ1) is 17.1. The highest BCUT2D eigenvalue weighted by Gasteiger charge is 2.00. The Morgan fingerprint density at radius 2 is 2.00 bits per heavy atom. The van der Waals surface area contributed by atoms with Crippen molar-refractivity contribution >= 4 is 18.3 Å². The Kier molecular flexibility index (Phi) is 13.4. The number of likely N-dealkylation sites (N-methyl/N-ethyl adjacent to an activating group) is 1. The van der Waals surface area contributed by atoms with E-state index < -0.39 is 0 Å². The number of halogens is 1. The largest absolute Gasteiger partial charge is 0.378 e. The predicted octanol–water partition coefficient (Wildman–Crippen LogP) is 0.949. The summed E-state index contributed by atoms with van der Waals surface area (Å²) in [4.78, 5) is 11.2. The summed E-state index contributed by atoms with van der Waals surface area (Å²) in [6.07, 6.45) is 0.647. The van der Waals surface area contributed by atoms with Crippen LogP contribution in [0.1, 0.15) is 27.2 Å². The molecule has 0 heterocycles. The number of ether oxygens (including phenoxy) is 1. The van der Waals surface area contributed by atoms with E-state index in [9.17, 15) is 4.79 Å². The lowest BCUT2D eigenvalue weighted by Crippen LogP contribution is -2.32. The van der Waals surface area contributed by atoms with Gasteiger partial charge < -0.3 is 15.4 Å². The highest BCUT2D eigenvalue weighted by Crippen LogP contribution is 1.89. The lowest BCUT2D eigenvalue weighted by atomic mass is 10.4. The van der Waals surface area contributed by atoms with E-state index in [0.29, 0.717) is 19.6 Å². The Labute approximate surface area is 98.6 Å². The number of carbonyl (C=O) groups is 1. The molecule has 5 heteroatoms. The first-order valence-corrected chi connectivity index (χ1v) is 5.25. The van der Waals surface area contributed by atoms with Gasteiger partial charge in [0.05, 0.1) is 12.7 Å². The molecule has 15 heavy (non-hydrogen) atoms. The zero-order valence-electron chi connectivity index (χ0n) is 9.84. The van der Waals surface area contributed by atoms with Crippen LogP contribution in [-0.4, -0.2) is 38.3 Å². The van der Waals surface area contributed by atoms with Crippen molar-refractivity contribution in [1.29, 1.82) is 0 Å². The summed E-state index contributed by atoms with van der Waals surface area (Å²) in [6, 6.07) is 0. The van der Waals surface area contributed by atoms with E-state index in [1.165, 1.54) is 0 Å². The first-order chi connectivity index (χ1) is 6.66. The fraction of sp³-hybridized carbons (Fsp3) is 0.900. The third kappa shape index (κ3) is 13.7. The Bertz CT molecular complexity index is 154. The van der Waals surface area contributed by atoms with Crippen LogP contribution in [0.3, 0.4) is 0 Å². The molecular formula is C10H23ClN2O2. The van der Waals surface area contributed by atoms with Crippen molar-refractivity contribution in [2.75, 3.05) is 26.2 Å². The highest BCUT2D eigenvalue weighted by atomic mass is 35.5. The van der Waals surface area contributed by atoms with Crippen molar-refractivity contribution in [1.82, 2.24) is 10.6 Å². The molecule has 0 aromatic rings. The molecular weight excluding hydrogens is 216 g/mol. The van der Waals surface area contributed by atoms with Crippen LogP contribution in [0.2, 0.25) is 0 Å². The van der Waals surface area contributed by atoms with Gasteiger partial charge in [-0.1, -0.05) is 6.92 Å². The third-order valence-corrected chi connectivity index (χ3v) is 1.65. The number of nitrogens with one attached hydrogen (secondary N) is 2. The lowest BCUT2D eigenvalue weighted by Gasteiger charge is -2.08. The number of hydrogen-bond donors (Lipinski definition) is 2. The van der Waals surface area contributed by atoms with Gasteiger partial charge in [0.25, 0.3) is 0 Å². The van der Waals surface area contributed by atoms with E-state index in [2.05, 4.69) is 10.6 Å². The number of rotatable bonds is 8. The Morgan fingerprint density at radius 3 is 2.53 bits per heavy atom. The first-order valence-electron chi connectivity index (χ1n) is 5.25. The molecule has 1 amide bonds. The summed E-state index contributed by atoms with van der Waals surface area (Å²) in [5, 5.41) is 5.94. The summed E-state index contributed by atoms with van der Waals surface area (Å²) in [7, 11) is 0. The molecule has 92 valence electrons. The van der Waals surface area contributed by atoms with Gasteiger partial charge in [0, 0.05) is 19.5 Å². The van der Waals surface area contributed by atoms with Crippen LogP contribution in [0.15, 0.2) is 0 Å². The predicted molar refractivity (Wildman–Crippen MR) is 64.5 cm³/mol. The highest BCUT2D eigenvalue weighted by molar-refractivity contribution is 5.85. The van der Waals surface area contributed by atoms with Gasteiger partial charge >= 0.3 is 0 Å². The molecule has 0 atom stereocenters. The molecule has 0 aromatic carbocycles. The summed E-state index contributed by atoms with van der Waals surface area (Å²) in [5.41, 5.74) is 0. The van der Waals surface area contributed by atoms with Gasteiger partial charge in [0.2, 0.25) is 5.91 Å². The fourth-order valence-electron chi connectivity index (χ4n) is 0.943. The van der Waals surface area contributed by atoms with Crippen LogP contribution < -0.4 is 10.6 Å². The average Bonchev–Trinajstić information content (AvgIpc) is 2.12. The molecule has 0 rings (SSSR count). The molecule has 0 fully saturated rings. The maximum Gasteiger partial charge on any atom is 0.222 e. The molecule has 4 nitrogen and oxygen atoms in total. The number of amides is 1. The molecule has 0 aromatic heterocycles. The second-order valence-corrected chi connectivity index (χ2v) is 3.37. The second-order valence-electron chi connectivity index (χ2n) is 3.37. The molecule has 0 radical (unpaired) electrons. The van der Waals surface area contributed by atoms with Crippen LogP contribution in [0.4, 0.5) is 0 Å². The van der Waals surface area contributed by atoms with Crippen molar-refractivity contribution in [2.45, 2.75) is 33.3 Å². The van der Waals surface area contributed by atoms with Gasteiger partial charge in [-0.2, -0.15) is 0 Å².